The molecule has 4 rings (SSSR count). The Bertz CT molecular complexity index is 983. The first-order valence-corrected chi connectivity index (χ1v) is 10.6. The van der Waals surface area contributed by atoms with Gasteiger partial charge in [-0.3, -0.25) is 9.59 Å². The molecule has 2 aromatic carbocycles. The maximum atomic E-state index is 12.5. The van der Waals surface area contributed by atoms with Crippen LogP contribution in [0.1, 0.15) is 35.2 Å². The van der Waals surface area contributed by atoms with Gasteiger partial charge in [-0.25, -0.2) is 0 Å². The zero-order valence-corrected chi connectivity index (χ0v) is 17.4. The van der Waals surface area contributed by atoms with E-state index in [1.165, 1.54) is 19.3 Å². The normalized spacial score (nSPS) is 17.8. The van der Waals surface area contributed by atoms with Crippen LogP contribution in [0, 0.1) is 0 Å². The lowest BCUT2D eigenvalue weighted by Gasteiger charge is -2.26. The number of halogens is 1. The van der Waals surface area contributed by atoms with E-state index in [-0.39, 0.29) is 17.6 Å². The van der Waals surface area contributed by atoms with E-state index < -0.39 is 0 Å². The minimum atomic E-state index is -0.370. The minimum absolute atomic E-state index is 0.163. The number of hydrogen-bond donors (Lipinski definition) is 2. The Balaban J connectivity index is 1.40. The van der Waals surface area contributed by atoms with Crippen molar-refractivity contribution in [3.63, 3.8) is 0 Å². The van der Waals surface area contributed by atoms with Gasteiger partial charge in [0.2, 0.25) is 0 Å². The van der Waals surface area contributed by atoms with Crippen molar-refractivity contribution in [1.29, 1.82) is 0 Å². The van der Waals surface area contributed by atoms with Crippen LogP contribution in [0.3, 0.4) is 0 Å². The van der Waals surface area contributed by atoms with Crippen molar-refractivity contribution in [2.45, 2.75) is 19.3 Å². The topological polar surface area (TPSA) is 70.7 Å². The number of hydrogen-bond acceptors (Lipinski definition) is 4. The second-order valence-corrected chi connectivity index (χ2v) is 7.93. The third kappa shape index (κ3) is 5.01. The summed E-state index contributed by atoms with van der Waals surface area (Å²) in [6.45, 7) is 3.66. The van der Waals surface area contributed by atoms with Crippen LogP contribution in [0.5, 0.6) is 5.75 Å². The summed E-state index contributed by atoms with van der Waals surface area (Å²) >= 11 is 6.00. The van der Waals surface area contributed by atoms with Crippen LogP contribution >= 0.6 is 11.6 Å². The second-order valence-electron chi connectivity index (χ2n) is 7.49. The number of amides is 2. The van der Waals surface area contributed by atoms with Crippen LogP contribution in [0.2, 0.25) is 5.02 Å². The third-order valence-corrected chi connectivity index (χ3v) is 5.48. The van der Waals surface area contributed by atoms with Crippen LogP contribution in [-0.4, -0.2) is 42.9 Å². The van der Waals surface area contributed by atoms with Gasteiger partial charge in [0.15, 0.2) is 11.5 Å². The fraction of sp³-hybridized carbons (Fsp3) is 0.304. The van der Waals surface area contributed by atoms with Gasteiger partial charge >= 0.3 is 0 Å². The highest BCUT2D eigenvalue weighted by Gasteiger charge is 2.23. The molecule has 0 unspecified atom stereocenters. The molecule has 156 valence electrons. The number of anilines is 1. The molecule has 2 aromatic rings. The van der Waals surface area contributed by atoms with Crippen LogP contribution in [0.25, 0.3) is 6.08 Å². The Morgan fingerprint density at radius 2 is 2.00 bits per heavy atom. The summed E-state index contributed by atoms with van der Waals surface area (Å²) in [6.07, 6.45) is 5.38. The molecule has 2 aliphatic rings. The number of fused-ring (bicyclic) bond motifs is 1. The summed E-state index contributed by atoms with van der Waals surface area (Å²) < 4.78 is 5.75. The van der Waals surface area contributed by atoms with E-state index >= 15 is 0 Å². The molecule has 0 bridgehead atoms. The average Bonchev–Trinajstić information content (AvgIpc) is 2.75. The third-order valence-electron chi connectivity index (χ3n) is 5.24. The van der Waals surface area contributed by atoms with E-state index in [0.29, 0.717) is 28.6 Å². The molecular weight excluding hydrogens is 402 g/mol. The number of ether oxygens (including phenoxy) is 1. The maximum Gasteiger partial charge on any atom is 0.291 e. The molecule has 0 atom stereocenters. The van der Waals surface area contributed by atoms with Crippen LogP contribution < -0.4 is 15.4 Å². The molecule has 0 spiro atoms. The van der Waals surface area contributed by atoms with E-state index in [1.54, 1.807) is 42.5 Å². The van der Waals surface area contributed by atoms with E-state index in [9.17, 15) is 9.59 Å². The molecule has 6 nitrogen and oxygen atoms in total. The number of benzene rings is 2. The van der Waals surface area contributed by atoms with Crippen molar-refractivity contribution in [3.05, 3.63) is 64.4 Å². The van der Waals surface area contributed by atoms with Gasteiger partial charge in [-0.1, -0.05) is 30.2 Å². The predicted molar refractivity (Wildman–Crippen MR) is 118 cm³/mol. The molecular formula is C23H24ClN3O3. The first kappa shape index (κ1) is 20.4. The molecule has 1 saturated heterocycles. The Labute approximate surface area is 180 Å². The van der Waals surface area contributed by atoms with E-state index in [0.717, 1.165) is 25.2 Å². The fourth-order valence-electron chi connectivity index (χ4n) is 3.66. The molecule has 1 fully saturated rings. The first-order valence-electron chi connectivity index (χ1n) is 10.2. The second kappa shape index (κ2) is 9.32. The van der Waals surface area contributed by atoms with Crippen molar-refractivity contribution in [2.24, 2.45) is 0 Å². The highest BCUT2D eigenvalue weighted by Crippen LogP contribution is 2.32. The average molecular weight is 426 g/mol. The number of likely N-dealkylation sites (tertiary alicyclic amines) is 1. The van der Waals surface area contributed by atoms with E-state index in [1.807, 2.05) is 6.07 Å². The number of carbonyl (C=O) groups excluding carboxylic acids is 2. The molecule has 2 aliphatic heterocycles. The molecule has 30 heavy (non-hydrogen) atoms. The molecule has 0 aliphatic carbocycles. The molecule has 2 amide bonds. The van der Waals surface area contributed by atoms with Gasteiger partial charge in [-0.05, 0) is 67.9 Å². The first-order chi connectivity index (χ1) is 14.6. The summed E-state index contributed by atoms with van der Waals surface area (Å²) in [7, 11) is 0. The molecule has 0 saturated carbocycles. The molecule has 2 N–H and O–H groups in total. The van der Waals surface area contributed by atoms with Gasteiger partial charge in [-0.15, -0.1) is 0 Å². The van der Waals surface area contributed by atoms with Gasteiger partial charge < -0.3 is 20.3 Å². The molecule has 0 radical (unpaired) electrons. The maximum absolute atomic E-state index is 12.5. The number of piperidine rings is 1. The van der Waals surface area contributed by atoms with Crippen molar-refractivity contribution in [2.75, 3.05) is 31.5 Å². The lowest BCUT2D eigenvalue weighted by atomic mass is 10.1. The highest BCUT2D eigenvalue weighted by molar-refractivity contribution is 6.30. The standard InChI is InChI=1S/C23H24ClN3O3/c24-18-6-4-5-16(13-18)14-21-23(29)26-19-15-17(7-8-20(19)30-21)22(28)25-9-12-27-10-2-1-3-11-27/h4-8,13-15H,1-3,9-12H2,(H,25,28)(H,26,29)/b21-14+. The zero-order chi connectivity index (χ0) is 20.9. The van der Waals surface area contributed by atoms with Gasteiger partial charge in [0.05, 0.1) is 5.69 Å². The molecule has 0 aromatic heterocycles. The number of carbonyl (C=O) groups is 2. The highest BCUT2D eigenvalue weighted by atomic mass is 35.5. The van der Waals surface area contributed by atoms with Gasteiger partial charge in [0.1, 0.15) is 0 Å². The number of nitrogens with one attached hydrogen (secondary N) is 2. The summed E-state index contributed by atoms with van der Waals surface area (Å²) in [5, 5.41) is 6.33. The predicted octanol–water partition coefficient (Wildman–Crippen LogP) is 3.93. The smallest absolute Gasteiger partial charge is 0.291 e. The van der Waals surface area contributed by atoms with Crippen LogP contribution in [0.15, 0.2) is 48.2 Å². The minimum Gasteiger partial charge on any atom is -0.449 e. The van der Waals surface area contributed by atoms with Crippen molar-refractivity contribution < 1.29 is 14.3 Å². The lowest BCUT2D eigenvalue weighted by molar-refractivity contribution is -0.115. The van der Waals surface area contributed by atoms with Gasteiger partial charge in [-0.2, -0.15) is 0 Å². The van der Waals surface area contributed by atoms with E-state index in [4.69, 9.17) is 16.3 Å². The van der Waals surface area contributed by atoms with Crippen LogP contribution in [-0.2, 0) is 4.79 Å². The number of rotatable bonds is 5. The summed E-state index contributed by atoms with van der Waals surface area (Å²) in [4.78, 5) is 27.3. The fourth-order valence-corrected chi connectivity index (χ4v) is 3.86. The number of nitrogens with zero attached hydrogens (tertiary/aromatic N) is 1. The van der Waals surface area contributed by atoms with Crippen LogP contribution in [0.4, 0.5) is 5.69 Å². The quantitative estimate of drug-likeness (QED) is 0.712. The van der Waals surface area contributed by atoms with Crippen molar-refractivity contribution >= 4 is 35.2 Å². The summed E-state index contributed by atoms with van der Waals surface area (Å²) in [5.74, 6) is 0.130. The zero-order valence-electron chi connectivity index (χ0n) is 16.6. The SMILES string of the molecule is O=C1Nc2cc(C(=O)NCCN3CCCCC3)ccc2O/C1=C/c1cccc(Cl)c1. The van der Waals surface area contributed by atoms with Crippen molar-refractivity contribution in [1.82, 2.24) is 10.2 Å². The lowest BCUT2D eigenvalue weighted by Crippen LogP contribution is -2.37. The largest absolute Gasteiger partial charge is 0.449 e. The molecule has 7 heteroatoms. The Kier molecular flexibility index (Phi) is 6.35. The Morgan fingerprint density at radius 3 is 2.80 bits per heavy atom. The Hall–Kier alpha value is -2.83. The van der Waals surface area contributed by atoms with Gasteiger partial charge in [0, 0.05) is 23.7 Å². The summed E-state index contributed by atoms with van der Waals surface area (Å²) in [5.41, 5.74) is 1.73. The van der Waals surface area contributed by atoms with Gasteiger partial charge in [0.25, 0.3) is 11.8 Å². The Morgan fingerprint density at radius 1 is 1.17 bits per heavy atom. The monoisotopic (exact) mass is 425 g/mol. The van der Waals surface area contributed by atoms with E-state index in [2.05, 4.69) is 15.5 Å². The van der Waals surface area contributed by atoms with Crippen molar-refractivity contribution in [3.8, 4) is 5.75 Å². The molecule has 2 heterocycles. The summed E-state index contributed by atoms with van der Waals surface area (Å²) in [6, 6.07) is 12.2.